The van der Waals surface area contributed by atoms with E-state index in [1.807, 2.05) is 18.2 Å². The van der Waals surface area contributed by atoms with Gasteiger partial charge >= 0.3 is 0 Å². The number of hydrogen-bond donors (Lipinski definition) is 0. The Kier molecular flexibility index (Phi) is 3.30. The molecule has 0 N–H and O–H groups in total. The average Bonchev–Trinajstić information content (AvgIpc) is 2.85. The molecule has 0 aliphatic carbocycles. The SMILES string of the molecule is C=Cc1cc2cc(OC)ccc2n1Cc1ccccc1. The van der Waals surface area contributed by atoms with Crippen LogP contribution in [-0.4, -0.2) is 11.7 Å². The van der Waals surface area contributed by atoms with Gasteiger partial charge in [0.1, 0.15) is 5.75 Å². The molecule has 0 aliphatic heterocycles. The highest BCUT2D eigenvalue weighted by atomic mass is 16.5. The largest absolute Gasteiger partial charge is 0.497 e. The van der Waals surface area contributed by atoms with Crippen LogP contribution in [0.2, 0.25) is 0 Å². The maximum Gasteiger partial charge on any atom is 0.119 e. The minimum atomic E-state index is 0.845. The van der Waals surface area contributed by atoms with Crippen LogP contribution >= 0.6 is 0 Å². The van der Waals surface area contributed by atoms with E-state index in [1.54, 1.807) is 7.11 Å². The smallest absolute Gasteiger partial charge is 0.119 e. The Morgan fingerprint density at radius 3 is 2.60 bits per heavy atom. The van der Waals surface area contributed by atoms with Crippen LogP contribution in [0.5, 0.6) is 5.75 Å². The predicted molar refractivity (Wildman–Crippen MR) is 84.1 cm³/mol. The highest BCUT2D eigenvalue weighted by molar-refractivity contribution is 5.85. The highest BCUT2D eigenvalue weighted by Crippen LogP contribution is 2.26. The van der Waals surface area contributed by atoms with Gasteiger partial charge in [-0.3, -0.25) is 0 Å². The molecule has 20 heavy (non-hydrogen) atoms. The second-order valence-corrected chi connectivity index (χ2v) is 4.77. The van der Waals surface area contributed by atoms with Crippen molar-refractivity contribution >= 4 is 17.0 Å². The van der Waals surface area contributed by atoms with Crippen molar-refractivity contribution in [2.75, 3.05) is 7.11 Å². The first kappa shape index (κ1) is 12.5. The zero-order chi connectivity index (χ0) is 13.9. The minimum Gasteiger partial charge on any atom is -0.497 e. The van der Waals surface area contributed by atoms with E-state index in [0.29, 0.717) is 0 Å². The molecule has 100 valence electrons. The van der Waals surface area contributed by atoms with Crippen molar-refractivity contribution in [2.24, 2.45) is 0 Å². The second-order valence-electron chi connectivity index (χ2n) is 4.77. The zero-order valence-electron chi connectivity index (χ0n) is 11.5. The van der Waals surface area contributed by atoms with Gasteiger partial charge in [-0.1, -0.05) is 36.9 Å². The van der Waals surface area contributed by atoms with Gasteiger partial charge in [0.25, 0.3) is 0 Å². The maximum atomic E-state index is 5.29. The van der Waals surface area contributed by atoms with Crippen molar-refractivity contribution in [2.45, 2.75) is 6.54 Å². The van der Waals surface area contributed by atoms with Crippen LogP contribution in [0.25, 0.3) is 17.0 Å². The molecule has 0 spiro atoms. The standard InChI is InChI=1S/C18H17NO/c1-3-16-11-15-12-17(20-2)9-10-18(15)19(16)13-14-7-5-4-6-8-14/h3-12H,1,13H2,2H3. The fourth-order valence-corrected chi connectivity index (χ4v) is 2.51. The van der Waals surface area contributed by atoms with Gasteiger partial charge in [-0.05, 0) is 35.9 Å². The third kappa shape index (κ3) is 2.21. The van der Waals surface area contributed by atoms with E-state index in [1.165, 1.54) is 16.5 Å². The molecule has 2 nitrogen and oxygen atoms in total. The molecule has 0 radical (unpaired) electrons. The van der Waals surface area contributed by atoms with Crippen LogP contribution < -0.4 is 4.74 Å². The molecule has 0 unspecified atom stereocenters. The molecule has 0 bridgehead atoms. The number of benzene rings is 2. The molecule has 0 saturated heterocycles. The van der Waals surface area contributed by atoms with E-state index in [4.69, 9.17) is 4.74 Å². The Morgan fingerprint density at radius 1 is 1.10 bits per heavy atom. The topological polar surface area (TPSA) is 14.2 Å². The lowest BCUT2D eigenvalue weighted by Crippen LogP contribution is -2.01. The minimum absolute atomic E-state index is 0.845. The number of ether oxygens (including phenoxy) is 1. The van der Waals surface area contributed by atoms with Gasteiger partial charge in [-0.2, -0.15) is 0 Å². The van der Waals surface area contributed by atoms with Crippen LogP contribution in [0.4, 0.5) is 0 Å². The molecule has 0 saturated carbocycles. The predicted octanol–water partition coefficient (Wildman–Crippen LogP) is 4.34. The van der Waals surface area contributed by atoms with Crippen LogP contribution in [-0.2, 0) is 6.54 Å². The van der Waals surface area contributed by atoms with E-state index in [0.717, 1.165) is 18.0 Å². The zero-order valence-corrected chi connectivity index (χ0v) is 11.5. The number of hydrogen-bond acceptors (Lipinski definition) is 1. The molecular weight excluding hydrogens is 246 g/mol. The Labute approximate surface area is 118 Å². The summed E-state index contributed by atoms with van der Waals surface area (Å²) < 4.78 is 7.56. The Hall–Kier alpha value is -2.48. The molecule has 0 atom stereocenters. The Morgan fingerprint density at radius 2 is 1.90 bits per heavy atom. The Bertz CT molecular complexity index is 741. The van der Waals surface area contributed by atoms with Crippen molar-refractivity contribution in [1.29, 1.82) is 0 Å². The summed E-state index contributed by atoms with van der Waals surface area (Å²) in [5, 5.41) is 1.18. The summed E-state index contributed by atoms with van der Waals surface area (Å²) in [5.41, 5.74) is 3.60. The highest BCUT2D eigenvalue weighted by Gasteiger charge is 2.08. The van der Waals surface area contributed by atoms with Crippen LogP contribution in [0, 0.1) is 0 Å². The third-order valence-electron chi connectivity index (χ3n) is 3.53. The average molecular weight is 263 g/mol. The number of rotatable bonds is 4. The van der Waals surface area contributed by atoms with E-state index < -0.39 is 0 Å². The lowest BCUT2D eigenvalue weighted by Gasteiger charge is -2.09. The summed E-state index contributed by atoms with van der Waals surface area (Å²) in [7, 11) is 1.69. The quantitative estimate of drug-likeness (QED) is 0.683. The maximum absolute atomic E-state index is 5.29. The first-order valence-corrected chi connectivity index (χ1v) is 6.65. The van der Waals surface area contributed by atoms with Gasteiger partial charge in [0, 0.05) is 23.1 Å². The normalized spacial score (nSPS) is 10.7. The molecule has 0 aliphatic rings. The summed E-state index contributed by atoms with van der Waals surface area (Å²) in [6, 6.07) is 18.8. The van der Waals surface area contributed by atoms with Crippen LogP contribution in [0.3, 0.4) is 0 Å². The molecule has 3 aromatic rings. The summed E-state index contributed by atoms with van der Waals surface area (Å²) >= 11 is 0. The van der Waals surface area contributed by atoms with Gasteiger partial charge in [0.2, 0.25) is 0 Å². The van der Waals surface area contributed by atoms with Crippen molar-refractivity contribution in [3.8, 4) is 5.75 Å². The fraction of sp³-hybridized carbons (Fsp3) is 0.111. The fourth-order valence-electron chi connectivity index (χ4n) is 2.51. The van der Waals surface area contributed by atoms with E-state index in [9.17, 15) is 0 Å². The molecular formula is C18H17NO. The first-order chi connectivity index (χ1) is 9.81. The van der Waals surface area contributed by atoms with Gasteiger partial charge in [0.15, 0.2) is 0 Å². The van der Waals surface area contributed by atoms with E-state index in [-0.39, 0.29) is 0 Å². The van der Waals surface area contributed by atoms with E-state index >= 15 is 0 Å². The summed E-state index contributed by atoms with van der Waals surface area (Å²) in [5.74, 6) is 0.880. The number of methoxy groups -OCH3 is 1. The molecule has 1 aromatic heterocycles. The second kappa shape index (κ2) is 5.25. The molecule has 2 aromatic carbocycles. The molecule has 3 rings (SSSR count). The number of aromatic nitrogens is 1. The summed E-state index contributed by atoms with van der Waals surface area (Å²) in [6.07, 6.45) is 1.90. The summed E-state index contributed by atoms with van der Waals surface area (Å²) in [6.45, 7) is 4.76. The lowest BCUT2D eigenvalue weighted by atomic mass is 10.2. The van der Waals surface area contributed by atoms with Crippen molar-refractivity contribution in [1.82, 2.24) is 4.57 Å². The van der Waals surface area contributed by atoms with Gasteiger partial charge < -0.3 is 9.30 Å². The molecule has 0 amide bonds. The van der Waals surface area contributed by atoms with Crippen molar-refractivity contribution in [3.63, 3.8) is 0 Å². The third-order valence-corrected chi connectivity index (χ3v) is 3.53. The van der Waals surface area contributed by atoms with Gasteiger partial charge in [-0.15, -0.1) is 0 Å². The van der Waals surface area contributed by atoms with Crippen molar-refractivity contribution in [3.05, 3.63) is 72.4 Å². The molecule has 0 fully saturated rings. The van der Waals surface area contributed by atoms with Crippen LogP contribution in [0.15, 0.2) is 61.2 Å². The molecule has 2 heteroatoms. The van der Waals surface area contributed by atoms with Crippen molar-refractivity contribution < 1.29 is 4.74 Å². The van der Waals surface area contributed by atoms with Gasteiger partial charge in [-0.25, -0.2) is 0 Å². The summed E-state index contributed by atoms with van der Waals surface area (Å²) in [4.78, 5) is 0. The monoisotopic (exact) mass is 263 g/mol. The Balaban J connectivity index is 2.11. The number of fused-ring (bicyclic) bond motifs is 1. The first-order valence-electron chi connectivity index (χ1n) is 6.65. The lowest BCUT2D eigenvalue weighted by molar-refractivity contribution is 0.415. The van der Waals surface area contributed by atoms with Crippen LogP contribution in [0.1, 0.15) is 11.3 Å². The number of nitrogens with zero attached hydrogens (tertiary/aromatic N) is 1. The van der Waals surface area contributed by atoms with Gasteiger partial charge in [0.05, 0.1) is 7.11 Å². The van der Waals surface area contributed by atoms with E-state index in [2.05, 4.69) is 53.6 Å². The molecule has 1 heterocycles.